The zero-order valence-corrected chi connectivity index (χ0v) is 8.07. The second kappa shape index (κ2) is 3.52. The van der Waals surface area contributed by atoms with E-state index in [2.05, 4.69) is 19.2 Å². The molecule has 0 saturated heterocycles. The first-order chi connectivity index (χ1) is 4.77. The lowest BCUT2D eigenvalue weighted by Crippen LogP contribution is -2.49. The van der Waals surface area contributed by atoms with Crippen molar-refractivity contribution in [2.24, 2.45) is 11.5 Å². The molecule has 11 heavy (non-hydrogen) atoms. The summed E-state index contributed by atoms with van der Waals surface area (Å²) in [5.41, 5.74) is 11.2. The second-order valence-electron chi connectivity index (χ2n) is 4.43. The third-order valence-corrected chi connectivity index (χ3v) is 1.48. The number of hydrogen-bond acceptors (Lipinski definition) is 3. The van der Waals surface area contributed by atoms with E-state index in [1.165, 1.54) is 0 Å². The quantitative estimate of drug-likeness (QED) is 0.520. The zero-order chi connectivity index (χ0) is 9.12. The number of nitrogens with one attached hydrogen (secondary N) is 1. The highest BCUT2D eigenvalue weighted by Crippen LogP contribution is 2.16. The van der Waals surface area contributed by atoms with Crippen LogP contribution in [0, 0.1) is 0 Å². The largest absolute Gasteiger partial charge is 0.325 e. The van der Waals surface area contributed by atoms with Crippen LogP contribution in [0.25, 0.3) is 0 Å². The monoisotopic (exact) mass is 159 g/mol. The van der Waals surface area contributed by atoms with Gasteiger partial charge < -0.3 is 11.5 Å². The van der Waals surface area contributed by atoms with Crippen molar-refractivity contribution in [3.63, 3.8) is 0 Å². The summed E-state index contributed by atoms with van der Waals surface area (Å²) >= 11 is 0. The first-order valence-electron chi connectivity index (χ1n) is 4.01. The van der Waals surface area contributed by atoms with Crippen LogP contribution in [0.2, 0.25) is 0 Å². The Kier molecular flexibility index (Phi) is 3.48. The molecule has 0 rings (SSSR count). The molecule has 0 aliphatic rings. The molecule has 0 aromatic carbocycles. The Morgan fingerprint density at radius 3 is 1.91 bits per heavy atom. The summed E-state index contributed by atoms with van der Waals surface area (Å²) < 4.78 is 0. The first-order valence-corrected chi connectivity index (χ1v) is 4.01. The van der Waals surface area contributed by atoms with Crippen molar-refractivity contribution >= 4 is 0 Å². The van der Waals surface area contributed by atoms with Gasteiger partial charge in [0, 0.05) is 17.7 Å². The van der Waals surface area contributed by atoms with Crippen LogP contribution in [0.15, 0.2) is 0 Å². The minimum absolute atomic E-state index is 0.0347. The Labute approximate surface area is 69.5 Å². The molecule has 0 unspecified atom stereocenters. The minimum Gasteiger partial charge on any atom is -0.325 e. The van der Waals surface area contributed by atoms with Crippen LogP contribution < -0.4 is 16.8 Å². The van der Waals surface area contributed by atoms with E-state index in [4.69, 9.17) is 11.5 Å². The average molecular weight is 159 g/mol. The predicted molar refractivity (Wildman–Crippen MR) is 49.2 cm³/mol. The second-order valence-corrected chi connectivity index (χ2v) is 4.43. The molecule has 0 saturated carbocycles. The van der Waals surface area contributed by atoms with Crippen molar-refractivity contribution in [2.45, 2.75) is 45.2 Å². The van der Waals surface area contributed by atoms with Gasteiger partial charge in [0.1, 0.15) is 0 Å². The van der Waals surface area contributed by atoms with Gasteiger partial charge in [-0.05, 0) is 34.1 Å². The lowest BCUT2D eigenvalue weighted by Gasteiger charge is -2.32. The maximum atomic E-state index is 5.87. The summed E-state index contributed by atoms with van der Waals surface area (Å²) in [4.78, 5) is 0. The third-order valence-electron chi connectivity index (χ3n) is 1.48. The molecule has 0 amide bonds. The summed E-state index contributed by atoms with van der Waals surface area (Å²) in [5.74, 6) is 0. The SMILES string of the molecule is CC(C)(N)CC(C)(C)NCN. The van der Waals surface area contributed by atoms with Crippen LogP contribution in [0.1, 0.15) is 34.1 Å². The molecule has 3 nitrogen and oxygen atoms in total. The van der Waals surface area contributed by atoms with E-state index in [9.17, 15) is 0 Å². The number of hydrogen-bond donors (Lipinski definition) is 3. The Morgan fingerprint density at radius 2 is 1.64 bits per heavy atom. The zero-order valence-electron chi connectivity index (χ0n) is 8.07. The summed E-state index contributed by atoms with van der Waals surface area (Å²) in [6.07, 6.45) is 0.914. The summed E-state index contributed by atoms with van der Waals surface area (Å²) in [5, 5.41) is 3.18. The first kappa shape index (κ1) is 10.9. The van der Waals surface area contributed by atoms with Gasteiger partial charge in [-0.1, -0.05) is 0 Å². The molecule has 0 aromatic heterocycles. The van der Waals surface area contributed by atoms with E-state index >= 15 is 0 Å². The Hall–Kier alpha value is -0.120. The van der Waals surface area contributed by atoms with Crippen molar-refractivity contribution in [1.82, 2.24) is 5.32 Å². The topological polar surface area (TPSA) is 64.1 Å². The lowest BCUT2D eigenvalue weighted by atomic mass is 9.88. The molecule has 68 valence electrons. The van der Waals surface area contributed by atoms with Gasteiger partial charge in [0.15, 0.2) is 0 Å². The van der Waals surface area contributed by atoms with Crippen LogP contribution in [0.3, 0.4) is 0 Å². The molecule has 5 N–H and O–H groups in total. The van der Waals surface area contributed by atoms with Crippen molar-refractivity contribution < 1.29 is 0 Å². The van der Waals surface area contributed by atoms with Crippen LogP contribution >= 0.6 is 0 Å². The fraction of sp³-hybridized carbons (Fsp3) is 1.00. The average Bonchev–Trinajstić information content (AvgIpc) is 1.55. The maximum absolute atomic E-state index is 5.87. The molecule has 0 atom stereocenters. The van der Waals surface area contributed by atoms with E-state index in [1.54, 1.807) is 0 Å². The van der Waals surface area contributed by atoms with Crippen molar-refractivity contribution in [3.8, 4) is 0 Å². The van der Waals surface area contributed by atoms with Crippen LogP contribution in [-0.2, 0) is 0 Å². The van der Waals surface area contributed by atoms with Gasteiger partial charge in [0.25, 0.3) is 0 Å². The highest BCUT2D eigenvalue weighted by Gasteiger charge is 2.24. The fourth-order valence-corrected chi connectivity index (χ4v) is 1.48. The van der Waals surface area contributed by atoms with E-state index in [-0.39, 0.29) is 11.1 Å². The van der Waals surface area contributed by atoms with Gasteiger partial charge in [0.2, 0.25) is 0 Å². The molecule has 0 aromatic rings. The Balaban J connectivity index is 3.91. The van der Waals surface area contributed by atoms with E-state index < -0.39 is 0 Å². The van der Waals surface area contributed by atoms with Gasteiger partial charge in [-0.2, -0.15) is 0 Å². The molecule has 0 radical (unpaired) electrons. The summed E-state index contributed by atoms with van der Waals surface area (Å²) in [7, 11) is 0. The van der Waals surface area contributed by atoms with Gasteiger partial charge in [0.05, 0.1) is 0 Å². The molecule has 0 heterocycles. The highest BCUT2D eigenvalue weighted by molar-refractivity contribution is 4.87. The fourth-order valence-electron chi connectivity index (χ4n) is 1.48. The molecule has 0 aliphatic heterocycles. The van der Waals surface area contributed by atoms with Crippen molar-refractivity contribution in [3.05, 3.63) is 0 Å². The smallest absolute Gasteiger partial charge is 0.0432 e. The molecular formula is C8H21N3. The normalized spacial score (nSPS) is 13.6. The Morgan fingerprint density at radius 1 is 1.18 bits per heavy atom. The van der Waals surface area contributed by atoms with Crippen LogP contribution in [0.4, 0.5) is 0 Å². The van der Waals surface area contributed by atoms with E-state index in [1.807, 2.05) is 13.8 Å². The molecule has 0 spiro atoms. The molecule has 0 bridgehead atoms. The summed E-state index contributed by atoms with van der Waals surface area (Å²) in [6, 6.07) is 0. The molecule has 0 fully saturated rings. The number of rotatable bonds is 4. The molecule has 3 heteroatoms. The van der Waals surface area contributed by atoms with Gasteiger partial charge >= 0.3 is 0 Å². The predicted octanol–water partition coefficient (Wildman–Crippen LogP) is 0.398. The molecular weight excluding hydrogens is 138 g/mol. The van der Waals surface area contributed by atoms with Crippen LogP contribution in [-0.4, -0.2) is 17.7 Å². The van der Waals surface area contributed by atoms with E-state index in [0.29, 0.717) is 6.67 Å². The highest BCUT2D eigenvalue weighted by atomic mass is 15.0. The van der Waals surface area contributed by atoms with Gasteiger partial charge in [-0.25, -0.2) is 0 Å². The lowest BCUT2D eigenvalue weighted by molar-refractivity contribution is 0.293. The van der Waals surface area contributed by atoms with Crippen LogP contribution in [0.5, 0.6) is 0 Å². The standard InChI is InChI=1S/C8H21N3/c1-7(2,10)5-8(3,4)11-6-9/h11H,5-6,9-10H2,1-4H3. The molecule has 0 aliphatic carbocycles. The van der Waals surface area contributed by atoms with Gasteiger partial charge in [-0.3, -0.25) is 5.32 Å². The van der Waals surface area contributed by atoms with Crippen molar-refractivity contribution in [2.75, 3.05) is 6.67 Å². The van der Waals surface area contributed by atoms with Gasteiger partial charge in [-0.15, -0.1) is 0 Å². The van der Waals surface area contributed by atoms with Crippen molar-refractivity contribution in [1.29, 1.82) is 0 Å². The maximum Gasteiger partial charge on any atom is 0.0432 e. The number of nitrogens with two attached hydrogens (primary N) is 2. The Bertz CT molecular complexity index is 113. The third kappa shape index (κ3) is 6.28. The summed E-state index contributed by atoms with van der Waals surface area (Å²) in [6.45, 7) is 8.76. The van der Waals surface area contributed by atoms with E-state index in [0.717, 1.165) is 6.42 Å². The minimum atomic E-state index is -0.133.